The Morgan fingerprint density at radius 1 is 1.09 bits per heavy atom. The number of carbonyl (C=O) groups is 1. The van der Waals surface area contributed by atoms with Crippen molar-refractivity contribution in [2.75, 3.05) is 11.9 Å². The van der Waals surface area contributed by atoms with E-state index in [1.165, 1.54) is 0 Å². The van der Waals surface area contributed by atoms with Crippen molar-refractivity contribution >= 4 is 27.4 Å². The highest BCUT2D eigenvalue weighted by Crippen LogP contribution is 2.38. The van der Waals surface area contributed by atoms with Crippen LogP contribution in [0, 0.1) is 0 Å². The lowest BCUT2D eigenvalue weighted by atomic mass is 9.81. The molecule has 0 fully saturated rings. The predicted molar refractivity (Wildman–Crippen MR) is 90.9 cm³/mol. The number of aliphatic hydroxyl groups is 1. The molecule has 0 unspecified atom stereocenters. The number of hydrogen-bond donors (Lipinski definition) is 2. The number of allylic oxidation sites excluding steroid dienone is 1. The summed E-state index contributed by atoms with van der Waals surface area (Å²) in [7, 11) is 0. The van der Waals surface area contributed by atoms with Crippen LogP contribution in [-0.2, 0) is 4.79 Å². The third-order valence-electron chi connectivity index (χ3n) is 3.96. The lowest BCUT2D eigenvalue weighted by Gasteiger charge is -2.34. The number of carbonyl (C=O) groups excluding carboxylic acids is 1. The summed E-state index contributed by atoms with van der Waals surface area (Å²) >= 11 is 3.40. The van der Waals surface area contributed by atoms with Gasteiger partial charge in [-0.25, -0.2) is 0 Å². The number of aliphatic hydroxyl groups excluding tert-OH is 1. The molecule has 0 aliphatic heterocycles. The van der Waals surface area contributed by atoms with Crippen molar-refractivity contribution in [1.82, 2.24) is 0 Å². The number of benzene rings is 2. The Morgan fingerprint density at radius 3 is 2.41 bits per heavy atom. The van der Waals surface area contributed by atoms with Crippen LogP contribution in [0.3, 0.4) is 0 Å². The van der Waals surface area contributed by atoms with E-state index in [9.17, 15) is 9.90 Å². The zero-order valence-electron chi connectivity index (χ0n) is 11.9. The first-order valence-corrected chi connectivity index (χ1v) is 7.86. The van der Waals surface area contributed by atoms with Gasteiger partial charge in [0.15, 0.2) is 5.78 Å². The van der Waals surface area contributed by atoms with Gasteiger partial charge in [0.2, 0.25) is 0 Å². The average Bonchev–Trinajstić information content (AvgIpc) is 2.87. The molecule has 3 nitrogen and oxygen atoms in total. The molecule has 3 rings (SSSR count). The van der Waals surface area contributed by atoms with E-state index in [-0.39, 0.29) is 12.4 Å². The monoisotopic (exact) mass is 357 g/mol. The summed E-state index contributed by atoms with van der Waals surface area (Å²) in [6.45, 7) is -0.162. The SMILES string of the molecule is O=C1C=C[C@](CO)(Nc2ccc(Br)cc2)[C@H]1c1ccccc1. The van der Waals surface area contributed by atoms with Crippen molar-refractivity contribution in [1.29, 1.82) is 0 Å². The van der Waals surface area contributed by atoms with Crippen molar-refractivity contribution in [2.24, 2.45) is 0 Å². The van der Waals surface area contributed by atoms with E-state index < -0.39 is 11.5 Å². The molecule has 0 amide bonds. The molecule has 0 aromatic heterocycles. The van der Waals surface area contributed by atoms with Crippen LogP contribution in [0.5, 0.6) is 0 Å². The molecular formula is C18H16BrNO2. The van der Waals surface area contributed by atoms with E-state index in [0.717, 1.165) is 15.7 Å². The van der Waals surface area contributed by atoms with Crippen molar-refractivity contribution in [2.45, 2.75) is 11.5 Å². The Morgan fingerprint density at radius 2 is 1.77 bits per heavy atom. The van der Waals surface area contributed by atoms with Crippen molar-refractivity contribution in [3.05, 3.63) is 76.8 Å². The van der Waals surface area contributed by atoms with E-state index in [1.54, 1.807) is 12.2 Å². The molecule has 0 radical (unpaired) electrons. The van der Waals surface area contributed by atoms with E-state index in [4.69, 9.17) is 0 Å². The molecule has 0 saturated heterocycles. The third-order valence-corrected chi connectivity index (χ3v) is 4.49. The second-order valence-electron chi connectivity index (χ2n) is 5.41. The first kappa shape index (κ1) is 15.0. The van der Waals surface area contributed by atoms with Gasteiger partial charge in [-0.2, -0.15) is 0 Å². The average molecular weight is 358 g/mol. The van der Waals surface area contributed by atoms with Crippen LogP contribution < -0.4 is 5.32 Å². The maximum Gasteiger partial charge on any atom is 0.165 e. The first-order valence-electron chi connectivity index (χ1n) is 7.07. The van der Waals surface area contributed by atoms with Gasteiger partial charge in [0, 0.05) is 10.2 Å². The topological polar surface area (TPSA) is 49.3 Å². The van der Waals surface area contributed by atoms with Crippen molar-refractivity contribution in [3.63, 3.8) is 0 Å². The summed E-state index contributed by atoms with van der Waals surface area (Å²) in [6, 6.07) is 17.2. The van der Waals surface area contributed by atoms with E-state index in [0.29, 0.717) is 0 Å². The molecule has 0 saturated carbocycles. The van der Waals surface area contributed by atoms with Gasteiger partial charge >= 0.3 is 0 Å². The Kier molecular flexibility index (Phi) is 4.14. The molecule has 1 aliphatic rings. The number of rotatable bonds is 4. The number of nitrogens with one attached hydrogen (secondary N) is 1. The molecular weight excluding hydrogens is 342 g/mol. The second kappa shape index (κ2) is 6.07. The van der Waals surface area contributed by atoms with E-state index in [1.807, 2.05) is 54.6 Å². The maximum absolute atomic E-state index is 12.3. The van der Waals surface area contributed by atoms with Crippen molar-refractivity contribution < 1.29 is 9.90 Å². The summed E-state index contributed by atoms with van der Waals surface area (Å²) in [5.74, 6) is -0.424. The summed E-state index contributed by atoms with van der Waals surface area (Å²) in [5.41, 5.74) is 0.945. The number of ketones is 1. The minimum Gasteiger partial charge on any atom is -0.394 e. The standard InChI is InChI=1S/C18H16BrNO2/c19-14-6-8-15(9-7-14)20-18(12-21)11-10-16(22)17(18)13-4-2-1-3-5-13/h1-11,17,20-21H,12H2/t17-,18+/m0/s1. The molecule has 0 bridgehead atoms. The maximum atomic E-state index is 12.3. The van der Waals surface area contributed by atoms with Gasteiger partial charge < -0.3 is 10.4 Å². The lowest BCUT2D eigenvalue weighted by Crippen LogP contribution is -2.45. The van der Waals surface area contributed by atoms with Crippen LogP contribution in [-0.4, -0.2) is 23.0 Å². The summed E-state index contributed by atoms with van der Waals surface area (Å²) in [6.07, 6.45) is 3.33. The van der Waals surface area contributed by atoms with Crippen LogP contribution in [0.2, 0.25) is 0 Å². The molecule has 1 aliphatic carbocycles. The van der Waals surface area contributed by atoms with Gasteiger partial charge in [0.05, 0.1) is 18.1 Å². The van der Waals surface area contributed by atoms with Crippen LogP contribution in [0.4, 0.5) is 5.69 Å². The van der Waals surface area contributed by atoms with Crippen LogP contribution in [0.1, 0.15) is 11.5 Å². The number of halogens is 1. The van der Waals surface area contributed by atoms with Crippen LogP contribution in [0.25, 0.3) is 0 Å². The quantitative estimate of drug-likeness (QED) is 0.879. The van der Waals surface area contributed by atoms with Gasteiger partial charge in [-0.1, -0.05) is 52.3 Å². The van der Waals surface area contributed by atoms with Crippen molar-refractivity contribution in [3.8, 4) is 0 Å². The molecule has 4 heteroatoms. The van der Waals surface area contributed by atoms with E-state index >= 15 is 0 Å². The van der Waals surface area contributed by atoms with Crippen LogP contribution >= 0.6 is 15.9 Å². The van der Waals surface area contributed by atoms with Crippen LogP contribution in [0.15, 0.2) is 71.2 Å². The van der Waals surface area contributed by atoms with Gasteiger partial charge in [-0.3, -0.25) is 4.79 Å². The molecule has 2 atom stereocenters. The second-order valence-corrected chi connectivity index (χ2v) is 6.33. The highest BCUT2D eigenvalue weighted by Gasteiger charge is 2.45. The van der Waals surface area contributed by atoms with Gasteiger partial charge in [0.25, 0.3) is 0 Å². The Bertz CT molecular complexity index is 697. The molecule has 2 N–H and O–H groups in total. The highest BCUT2D eigenvalue weighted by molar-refractivity contribution is 9.10. The zero-order chi connectivity index (χ0) is 15.6. The van der Waals surface area contributed by atoms with Gasteiger partial charge in [-0.15, -0.1) is 0 Å². The molecule has 0 spiro atoms. The molecule has 0 heterocycles. The molecule has 112 valence electrons. The fourth-order valence-corrected chi connectivity index (χ4v) is 3.15. The third kappa shape index (κ3) is 2.72. The number of anilines is 1. The first-order chi connectivity index (χ1) is 10.6. The minimum absolute atomic E-state index is 0.00450. The number of hydrogen-bond acceptors (Lipinski definition) is 3. The smallest absolute Gasteiger partial charge is 0.165 e. The van der Waals surface area contributed by atoms with E-state index in [2.05, 4.69) is 21.2 Å². The summed E-state index contributed by atoms with van der Waals surface area (Å²) in [4.78, 5) is 12.3. The Hall–Kier alpha value is -1.91. The highest BCUT2D eigenvalue weighted by atomic mass is 79.9. The fraction of sp³-hybridized carbons (Fsp3) is 0.167. The normalized spacial score (nSPS) is 23.7. The molecule has 2 aromatic carbocycles. The van der Waals surface area contributed by atoms with Gasteiger partial charge in [0.1, 0.15) is 0 Å². The largest absolute Gasteiger partial charge is 0.394 e. The van der Waals surface area contributed by atoms with Gasteiger partial charge in [-0.05, 0) is 35.9 Å². The Balaban J connectivity index is 1.97. The lowest BCUT2D eigenvalue weighted by molar-refractivity contribution is -0.116. The summed E-state index contributed by atoms with van der Waals surface area (Å²) < 4.78 is 0.980. The zero-order valence-corrected chi connectivity index (χ0v) is 13.5. The molecule has 22 heavy (non-hydrogen) atoms. The minimum atomic E-state index is -0.813. The predicted octanol–water partition coefficient (Wildman–Crippen LogP) is 3.51. The summed E-state index contributed by atoms with van der Waals surface area (Å²) in [5, 5.41) is 13.3. The molecule has 2 aromatic rings. The fourth-order valence-electron chi connectivity index (χ4n) is 2.88. The Labute approximate surface area is 137 Å².